The number of nitrogens with zero attached hydrogens (tertiary/aromatic N) is 3. The summed E-state index contributed by atoms with van der Waals surface area (Å²) in [5.41, 5.74) is 0.932. The van der Waals surface area contributed by atoms with Crippen LogP contribution in [0.5, 0.6) is 5.75 Å². The van der Waals surface area contributed by atoms with Crippen molar-refractivity contribution in [2.45, 2.75) is 18.9 Å². The molecule has 3 heterocycles. The fraction of sp³-hybridized carbons (Fsp3) is 0.467. The molecule has 110 valence electrons. The van der Waals surface area contributed by atoms with Gasteiger partial charge in [0.05, 0.1) is 0 Å². The summed E-state index contributed by atoms with van der Waals surface area (Å²) in [5, 5.41) is 20.3. The molecule has 6 nitrogen and oxygen atoms in total. The fourth-order valence-electron chi connectivity index (χ4n) is 3.35. The first-order valence-corrected chi connectivity index (χ1v) is 7.50. The molecular weight excluding hydrogens is 266 g/mol. The largest absolute Gasteiger partial charge is 0.508 e. The van der Waals surface area contributed by atoms with E-state index < -0.39 is 0 Å². The Bertz CT molecular complexity index is 609. The van der Waals surface area contributed by atoms with Gasteiger partial charge in [0.1, 0.15) is 5.75 Å². The lowest BCUT2D eigenvalue weighted by Crippen LogP contribution is -2.40. The van der Waals surface area contributed by atoms with Crippen molar-refractivity contribution in [2.75, 3.05) is 24.5 Å². The highest BCUT2D eigenvalue weighted by molar-refractivity contribution is 5.57. The Morgan fingerprint density at radius 1 is 1.19 bits per heavy atom. The maximum Gasteiger partial charge on any atom is 0.245 e. The highest BCUT2D eigenvalue weighted by Gasteiger charge is 2.35. The summed E-state index contributed by atoms with van der Waals surface area (Å²) in [6, 6.07) is 7.57. The summed E-state index contributed by atoms with van der Waals surface area (Å²) < 4.78 is 0. The molecule has 2 aliphatic rings. The number of aromatic amines is 1. The Balaban J connectivity index is 1.53. The Labute approximate surface area is 123 Å². The summed E-state index contributed by atoms with van der Waals surface area (Å²) in [4.78, 5) is 6.86. The van der Waals surface area contributed by atoms with Crippen LogP contribution in [0, 0.1) is 5.92 Å². The first kappa shape index (κ1) is 12.6. The van der Waals surface area contributed by atoms with Gasteiger partial charge in [-0.05, 0) is 49.6 Å². The van der Waals surface area contributed by atoms with E-state index in [1.165, 1.54) is 12.8 Å². The zero-order valence-electron chi connectivity index (χ0n) is 11.8. The Kier molecular flexibility index (Phi) is 3.03. The number of rotatable bonds is 2. The molecule has 2 atom stereocenters. The molecule has 0 aliphatic carbocycles. The lowest BCUT2D eigenvalue weighted by molar-refractivity contribution is 0.340. The number of benzene rings is 1. The third-order valence-corrected chi connectivity index (χ3v) is 4.50. The number of nitrogens with one attached hydrogen (secondary N) is 2. The lowest BCUT2D eigenvalue weighted by atomic mass is 9.94. The van der Waals surface area contributed by atoms with Gasteiger partial charge in [-0.2, -0.15) is 4.98 Å². The molecule has 0 bridgehead atoms. The second-order valence-corrected chi connectivity index (χ2v) is 5.90. The highest BCUT2D eigenvalue weighted by atomic mass is 16.3. The molecule has 1 aromatic carbocycles. The number of piperidine rings is 1. The molecule has 1 aromatic heterocycles. The van der Waals surface area contributed by atoms with Crippen LogP contribution in [0.4, 0.5) is 5.95 Å². The normalized spacial score (nSPS) is 25.0. The molecule has 2 fully saturated rings. The monoisotopic (exact) mass is 285 g/mol. The van der Waals surface area contributed by atoms with E-state index in [4.69, 9.17) is 0 Å². The van der Waals surface area contributed by atoms with Crippen molar-refractivity contribution >= 4 is 5.95 Å². The highest BCUT2D eigenvalue weighted by Crippen LogP contribution is 2.28. The SMILES string of the molecule is Oc1ccc(-c2nc(N3CC4CCCNC4C3)n[nH]2)cc1. The molecule has 0 radical (unpaired) electrons. The van der Waals surface area contributed by atoms with E-state index in [1.54, 1.807) is 12.1 Å². The molecule has 2 saturated heterocycles. The Morgan fingerprint density at radius 2 is 2.05 bits per heavy atom. The van der Waals surface area contributed by atoms with Crippen LogP contribution < -0.4 is 10.2 Å². The van der Waals surface area contributed by atoms with E-state index in [0.717, 1.165) is 42.9 Å². The topological polar surface area (TPSA) is 77.1 Å². The number of aromatic nitrogens is 3. The van der Waals surface area contributed by atoms with E-state index in [1.807, 2.05) is 12.1 Å². The van der Waals surface area contributed by atoms with Crippen molar-refractivity contribution in [3.05, 3.63) is 24.3 Å². The predicted molar refractivity (Wildman–Crippen MR) is 80.2 cm³/mol. The average molecular weight is 285 g/mol. The number of H-pyrrole nitrogens is 1. The summed E-state index contributed by atoms with van der Waals surface area (Å²) in [5.74, 6) is 2.49. The van der Waals surface area contributed by atoms with Crippen molar-refractivity contribution in [1.82, 2.24) is 20.5 Å². The van der Waals surface area contributed by atoms with Crippen LogP contribution in [0.3, 0.4) is 0 Å². The maximum atomic E-state index is 9.34. The van der Waals surface area contributed by atoms with Crippen LogP contribution >= 0.6 is 0 Å². The summed E-state index contributed by atoms with van der Waals surface area (Å²) >= 11 is 0. The van der Waals surface area contributed by atoms with Gasteiger partial charge in [0, 0.05) is 24.7 Å². The van der Waals surface area contributed by atoms with Crippen LogP contribution in [0.25, 0.3) is 11.4 Å². The number of hydrogen-bond acceptors (Lipinski definition) is 5. The zero-order valence-corrected chi connectivity index (χ0v) is 11.8. The number of anilines is 1. The molecule has 2 unspecified atom stereocenters. The van der Waals surface area contributed by atoms with Gasteiger partial charge in [-0.25, -0.2) is 0 Å². The molecule has 21 heavy (non-hydrogen) atoms. The van der Waals surface area contributed by atoms with Crippen LogP contribution in [-0.2, 0) is 0 Å². The summed E-state index contributed by atoms with van der Waals surface area (Å²) in [6.07, 6.45) is 2.56. The van der Waals surface area contributed by atoms with E-state index in [-0.39, 0.29) is 5.75 Å². The van der Waals surface area contributed by atoms with Gasteiger partial charge in [0.25, 0.3) is 0 Å². The smallest absolute Gasteiger partial charge is 0.245 e. The second-order valence-electron chi connectivity index (χ2n) is 5.90. The molecule has 0 spiro atoms. The van der Waals surface area contributed by atoms with Gasteiger partial charge >= 0.3 is 0 Å². The summed E-state index contributed by atoms with van der Waals surface area (Å²) in [7, 11) is 0. The second kappa shape index (κ2) is 5.04. The van der Waals surface area contributed by atoms with Crippen LogP contribution in [0.2, 0.25) is 0 Å². The maximum absolute atomic E-state index is 9.34. The standard InChI is InChI=1S/C15H19N5O/c21-12-5-3-10(4-6-12)14-17-15(19-18-14)20-8-11-2-1-7-16-13(11)9-20/h3-6,11,13,16,21H,1-2,7-9H2,(H,17,18,19). The van der Waals surface area contributed by atoms with Crippen LogP contribution in [-0.4, -0.2) is 46.0 Å². The first-order chi connectivity index (χ1) is 10.3. The van der Waals surface area contributed by atoms with Crippen molar-refractivity contribution in [3.63, 3.8) is 0 Å². The lowest BCUT2D eigenvalue weighted by Gasteiger charge is -2.24. The average Bonchev–Trinajstić information content (AvgIpc) is 3.14. The predicted octanol–water partition coefficient (Wildman–Crippen LogP) is 1.37. The van der Waals surface area contributed by atoms with Gasteiger partial charge in [-0.3, -0.25) is 5.10 Å². The van der Waals surface area contributed by atoms with E-state index in [0.29, 0.717) is 6.04 Å². The number of phenolic OH excluding ortho intramolecular Hbond substituents is 1. The minimum absolute atomic E-state index is 0.258. The molecule has 2 aliphatic heterocycles. The van der Waals surface area contributed by atoms with Crippen LogP contribution in [0.1, 0.15) is 12.8 Å². The minimum atomic E-state index is 0.258. The van der Waals surface area contributed by atoms with Gasteiger partial charge in [0.2, 0.25) is 5.95 Å². The van der Waals surface area contributed by atoms with E-state index in [2.05, 4.69) is 25.4 Å². The van der Waals surface area contributed by atoms with Gasteiger partial charge < -0.3 is 15.3 Å². The number of aromatic hydroxyl groups is 1. The van der Waals surface area contributed by atoms with E-state index >= 15 is 0 Å². The fourth-order valence-corrected chi connectivity index (χ4v) is 3.35. The number of hydrogen-bond donors (Lipinski definition) is 3. The molecular formula is C15H19N5O. The molecule has 4 rings (SSSR count). The molecule has 3 N–H and O–H groups in total. The molecule has 2 aromatic rings. The molecule has 6 heteroatoms. The third kappa shape index (κ3) is 2.35. The zero-order chi connectivity index (χ0) is 14.2. The van der Waals surface area contributed by atoms with Crippen LogP contribution in [0.15, 0.2) is 24.3 Å². The quantitative estimate of drug-likeness (QED) is 0.777. The number of phenols is 1. The number of fused-ring (bicyclic) bond motifs is 1. The molecule has 0 amide bonds. The van der Waals surface area contributed by atoms with Crippen molar-refractivity contribution in [2.24, 2.45) is 5.92 Å². The molecule has 0 saturated carbocycles. The summed E-state index contributed by atoms with van der Waals surface area (Å²) in [6.45, 7) is 3.14. The van der Waals surface area contributed by atoms with Crippen molar-refractivity contribution < 1.29 is 5.11 Å². The van der Waals surface area contributed by atoms with Crippen molar-refractivity contribution in [1.29, 1.82) is 0 Å². The Hall–Kier alpha value is -2.08. The van der Waals surface area contributed by atoms with Gasteiger partial charge in [-0.15, -0.1) is 5.10 Å². The third-order valence-electron chi connectivity index (χ3n) is 4.50. The van der Waals surface area contributed by atoms with E-state index in [9.17, 15) is 5.11 Å². The first-order valence-electron chi connectivity index (χ1n) is 7.50. The Morgan fingerprint density at radius 3 is 2.86 bits per heavy atom. The van der Waals surface area contributed by atoms with Crippen molar-refractivity contribution in [3.8, 4) is 17.1 Å². The minimum Gasteiger partial charge on any atom is -0.508 e. The van der Waals surface area contributed by atoms with Gasteiger partial charge in [-0.1, -0.05) is 0 Å². The van der Waals surface area contributed by atoms with Gasteiger partial charge in [0.15, 0.2) is 5.82 Å².